The Hall–Kier alpha value is 3.63. The van der Waals surface area contributed by atoms with Crippen molar-refractivity contribution in [2.45, 2.75) is 0 Å². The number of rotatable bonds is 0. The van der Waals surface area contributed by atoms with Gasteiger partial charge >= 0.3 is 108 Å². The Bertz CT molecular complexity index is 71.1. The molecule has 0 heterocycles. The molecular formula is H2AlCaMgNaO9Si2. The predicted octanol–water partition coefficient (Wildman–Crippen LogP) is -15.2. The fourth-order valence-electron chi connectivity index (χ4n) is 0. The molecule has 0 saturated carbocycles. The molecule has 0 aromatic rings. The van der Waals surface area contributed by atoms with Crippen LogP contribution in [0.25, 0.3) is 0 Å². The molecule has 15 heavy (non-hydrogen) atoms. The molecular weight excluding hydrogens is 315 g/mol. The second-order valence-corrected chi connectivity index (χ2v) is 3.00. The van der Waals surface area contributed by atoms with Gasteiger partial charge in [-0.05, 0) is 0 Å². The van der Waals surface area contributed by atoms with Gasteiger partial charge in [-0.1, -0.05) is 0 Å². The van der Waals surface area contributed by atoms with Crippen molar-refractivity contribution in [3.63, 3.8) is 0 Å². The Labute approximate surface area is 167 Å². The second-order valence-electron chi connectivity index (χ2n) is 1.00. The molecule has 2 N–H and O–H groups in total. The summed E-state index contributed by atoms with van der Waals surface area (Å²) < 4.78 is 0. The molecule has 0 saturated heterocycles. The van der Waals surface area contributed by atoms with Gasteiger partial charge in [0.15, 0.2) is 0 Å². The first kappa shape index (κ1) is 42.8. The van der Waals surface area contributed by atoms with Gasteiger partial charge in [-0.15, -0.1) is 0 Å². The van der Waals surface area contributed by atoms with Gasteiger partial charge in [-0.3, -0.25) is 0 Å². The summed E-state index contributed by atoms with van der Waals surface area (Å²) in [5.41, 5.74) is 0. The van der Waals surface area contributed by atoms with Crippen LogP contribution in [-0.2, 0) is 0 Å². The maximum atomic E-state index is 8.58. The van der Waals surface area contributed by atoms with E-state index in [9.17, 15) is 0 Å². The van der Waals surface area contributed by atoms with E-state index >= 15 is 0 Å². The van der Waals surface area contributed by atoms with Gasteiger partial charge in [0.05, 0.1) is 0 Å². The van der Waals surface area contributed by atoms with Crippen molar-refractivity contribution in [2.75, 3.05) is 0 Å². The minimum Gasteiger partial charge on any atom is -0.894 e. The standard InChI is InChI=1S/Al.Ca.Mg.Na.2O4Si.H2O/c;;;;2*1-5(2,3)4;/h;;;;;;1H2/q+3;2*+2;+1;2*-4;. The van der Waals surface area contributed by atoms with Crippen LogP contribution >= 0.6 is 0 Å². The van der Waals surface area contributed by atoms with E-state index in [1.807, 2.05) is 0 Å². The van der Waals surface area contributed by atoms with Crippen molar-refractivity contribution in [3.8, 4) is 0 Å². The summed E-state index contributed by atoms with van der Waals surface area (Å²) in [7, 11) is -11.2. The second kappa shape index (κ2) is 20.0. The third kappa shape index (κ3) is 327. The van der Waals surface area contributed by atoms with Gasteiger partial charge in [0.2, 0.25) is 0 Å². The van der Waals surface area contributed by atoms with Gasteiger partial charge in [-0.2, -0.15) is 0 Å². The van der Waals surface area contributed by atoms with Gasteiger partial charge in [-0.25, -0.2) is 0 Å². The molecule has 15 heteroatoms. The maximum Gasteiger partial charge on any atom is 3.00 e. The first-order valence-electron chi connectivity index (χ1n) is 1.63. The summed E-state index contributed by atoms with van der Waals surface area (Å²) in [5.74, 6) is 0. The smallest absolute Gasteiger partial charge is 0.894 e. The fraction of sp³-hybridized carbons (Fsp3) is 0. The normalized spacial score (nSPS) is 8.00. The molecule has 72 valence electrons. The van der Waals surface area contributed by atoms with Gasteiger partial charge in [0, 0.05) is 0 Å². The Balaban J connectivity index is -0.0000000128. The van der Waals surface area contributed by atoms with Crippen molar-refractivity contribution >= 4 is 96.2 Å². The van der Waals surface area contributed by atoms with E-state index in [-0.39, 0.29) is 113 Å². The molecule has 0 spiro atoms. The molecule has 0 radical (unpaired) electrons. The molecule has 0 fully saturated rings. The van der Waals surface area contributed by atoms with Crippen LogP contribution in [0.2, 0.25) is 0 Å². The molecule has 0 atom stereocenters. The summed E-state index contributed by atoms with van der Waals surface area (Å²) in [6.07, 6.45) is 0. The summed E-state index contributed by atoms with van der Waals surface area (Å²) in [6.45, 7) is 0. The van der Waals surface area contributed by atoms with E-state index in [1.165, 1.54) is 0 Å². The summed E-state index contributed by atoms with van der Waals surface area (Å²) in [4.78, 5) is 68.6. The topological polar surface area (TPSA) is 216 Å². The molecule has 0 aliphatic carbocycles. The zero-order valence-corrected chi connectivity index (χ0v) is 16.5. The van der Waals surface area contributed by atoms with E-state index in [4.69, 9.17) is 38.4 Å². The van der Waals surface area contributed by atoms with Gasteiger partial charge in [0.1, 0.15) is 0 Å². The van der Waals surface area contributed by atoms with E-state index in [0.29, 0.717) is 0 Å². The Morgan fingerprint density at radius 1 is 0.600 bits per heavy atom. The van der Waals surface area contributed by atoms with Crippen LogP contribution < -0.4 is 67.9 Å². The summed E-state index contributed by atoms with van der Waals surface area (Å²) in [5, 5.41) is 0. The fourth-order valence-corrected chi connectivity index (χ4v) is 0. The number of hydrogen-bond donors (Lipinski definition) is 0. The Morgan fingerprint density at radius 3 is 0.600 bits per heavy atom. The minimum absolute atomic E-state index is 0. The molecule has 0 aliphatic rings. The average molecular weight is 317 g/mol. The van der Waals surface area contributed by atoms with E-state index < -0.39 is 18.1 Å². The Kier molecular flexibility index (Phi) is 57.0. The molecule has 0 aromatic carbocycles. The largest absolute Gasteiger partial charge is 3.00 e. The van der Waals surface area contributed by atoms with Crippen LogP contribution in [0.3, 0.4) is 0 Å². The van der Waals surface area contributed by atoms with Crippen molar-refractivity contribution < 1.29 is 73.4 Å². The van der Waals surface area contributed by atoms with Crippen LogP contribution in [0.15, 0.2) is 0 Å². The molecule has 9 nitrogen and oxygen atoms in total. The van der Waals surface area contributed by atoms with Crippen LogP contribution in [0, 0.1) is 0 Å². The summed E-state index contributed by atoms with van der Waals surface area (Å²) >= 11 is 0. The van der Waals surface area contributed by atoms with Crippen molar-refractivity contribution in [1.29, 1.82) is 0 Å². The molecule has 0 unspecified atom stereocenters. The van der Waals surface area contributed by atoms with E-state index in [2.05, 4.69) is 0 Å². The van der Waals surface area contributed by atoms with Crippen LogP contribution in [0.1, 0.15) is 0 Å². The zero-order chi connectivity index (χ0) is 9.00. The summed E-state index contributed by atoms with van der Waals surface area (Å²) in [6, 6.07) is 0. The average Bonchev–Trinajstić information content (AvgIpc) is 1.12. The van der Waals surface area contributed by atoms with Crippen LogP contribution in [0.4, 0.5) is 0 Å². The minimum atomic E-state index is -5.61. The number of hydrogen-bond acceptors (Lipinski definition) is 8. The SMILES string of the molecule is O.[Al+3].[Ca+2].[Mg+2].[Na+].[O-][Si]([O-])([O-])[O-].[O-][Si]([O-])([O-])[O-]. The third-order valence-corrected chi connectivity index (χ3v) is 0. The van der Waals surface area contributed by atoms with Crippen molar-refractivity contribution in [2.24, 2.45) is 0 Å². The molecule has 0 aliphatic heterocycles. The van der Waals surface area contributed by atoms with E-state index in [1.54, 1.807) is 0 Å². The molecule has 0 rings (SSSR count). The van der Waals surface area contributed by atoms with Crippen LogP contribution in [0.5, 0.6) is 0 Å². The third-order valence-electron chi connectivity index (χ3n) is 0. The van der Waals surface area contributed by atoms with Crippen molar-refractivity contribution in [1.82, 2.24) is 0 Å². The zero-order valence-electron chi connectivity index (χ0n) is 7.76. The molecule has 0 aromatic heterocycles. The Morgan fingerprint density at radius 2 is 0.600 bits per heavy atom. The van der Waals surface area contributed by atoms with Crippen molar-refractivity contribution in [3.05, 3.63) is 0 Å². The molecule has 0 bridgehead atoms. The predicted molar refractivity (Wildman–Crippen MR) is 32.4 cm³/mol. The van der Waals surface area contributed by atoms with Crippen LogP contribution in [-0.4, -0.2) is 102 Å². The van der Waals surface area contributed by atoms with E-state index in [0.717, 1.165) is 0 Å². The monoisotopic (exact) mass is 316 g/mol. The maximum absolute atomic E-state index is 8.58. The van der Waals surface area contributed by atoms with Gasteiger partial charge in [0.25, 0.3) is 0 Å². The quantitative estimate of drug-likeness (QED) is 0.389. The molecule has 0 amide bonds. The van der Waals surface area contributed by atoms with Gasteiger partial charge < -0.3 is 61.9 Å². The first-order valence-corrected chi connectivity index (χ1v) is 4.90. The first-order chi connectivity index (χ1) is 4.00.